The van der Waals surface area contributed by atoms with E-state index in [-0.39, 0.29) is 29.9 Å². The first kappa shape index (κ1) is 23.5. The first-order valence-electron chi connectivity index (χ1n) is 10.2. The summed E-state index contributed by atoms with van der Waals surface area (Å²) >= 11 is 0. The predicted octanol–water partition coefficient (Wildman–Crippen LogP) is 1.69. The molecule has 0 saturated carbocycles. The summed E-state index contributed by atoms with van der Waals surface area (Å²) in [4.78, 5) is 20.3. The van der Waals surface area contributed by atoms with Crippen molar-refractivity contribution in [1.82, 2.24) is 15.5 Å². The molecule has 1 aromatic carbocycles. The van der Waals surface area contributed by atoms with E-state index in [9.17, 15) is 4.79 Å². The van der Waals surface area contributed by atoms with Gasteiger partial charge in [0.2, 0.25) is 5.91 Å². The SMILES string of the molecule is CCNC(=NCc1cccc(N2CC=CC2)c1)NC1CCN(CC(N)=O)CC1.I. The van der Waals surface area contributed by atoms with Gasteiger partial charge >= 0.3 is 0 Å². The standard InChI is InChI=1S/C21H32N6O.HI/c1-2-23-21(25-18-8-12-26(13-9-18)16-20(22)28)24-15-17-6-5-7-19(14-17)27-10-3-4-11-27;/h3-7,14,18H,2,8-13,15-16H2,1H3,(H2,22,28)(H2,23,24,25);1H. The van der Waals surface area contributed by atoms with Crippen molar-refractivity contribution in [3.8, 4) is 0 Å². The second-order valence-electron chi connectivity index (χ2n) is 7.40. The first-order valence-corrected chi connectivity index (χ1v) is 10.2. The number of likely N-dealkylation sites (tertiary alicyclic amines) is 1. The van der Waals surface area contributed by atoms with E-state index in [0.717, 1.165) is 51.5 Å². The molecule has 0 atom stereocenters. The lowest BCUT2D eigenvalue weighted by Gasteiger charge is -2.32. The molecule has 29 heavy (non-hydrogen) atoms. The molecule has 4 N–H and O–H groups in total. The number of hydrogen-bond donors (Lipinski definition) is 3. The quantitative estimate of drug-likeness (QED) is 0.224. The van der Waals surface area contributed by atoms with E-state index in [1.807, 2.05) is 0 Å². The van der Waals surface area contributed by atoms with E-state index in [0.29, 0.717) is 19.1 Å². The summed E-state index contributed by atoms with van der Waals surface area (Å²) in [5.74, 6) is 0.595. The monoisotopic (exact) mass is 512 g/mol. The Morgan fingerprint density at radius 2 is 1.97 bits per heavy atom. The third-order valence-electron chi connectivity index (χ3n) is 5.17. The van der Waals surface area contributed by atoms with Crippen molar-refractivity contribution in [2.24, 2.45) is 10.7 Å². The molecule has 1 amide bonds. The Balaban J connectivity index is 0.00000300. The average Bonchev–Trinajstić information content (AvgIpc) is 3.22. The van der Waals surface area contributed by atoms with Crippen molar-refractivity contribution >= 4 is 41.5 Å². The Kier molecular flexibility index (Phi) is 9.72. The summed E-state index contributed by atoms with van der Waals surface area (Å²) in [5.41, 5.74) is 7.75. The van der Waals surface area contributed by atoms with Crippen LogP contribution in [-0.4, -0.2) is 62.1 Å². The fourth-order valence-electron chi connectivity index (χ4n) is 3.68. The van der Waals surface area contributed by atoms with Crippen LogP contribution < -0.4 is 21.3 Å². The van der Waals surface area contributed by atoms with Crippen LogP contribution in [0.4, 0.5) is 5.69 Å². The minimum Gasteiger partial charge on any atom is -0.369 e. The van der Waals surface area contributed by atoms with E-state index in [4.69, 9.17) is 10.7 Å². The van der Waals surface area contributed by atoms with Gasteiger partial charge in [0.1, 0.15) is 0 Å². The van der Waals surface area contributed by atoms with Gasteiger partial charge in [-0.2, -0.15) is 0 Å². The highest BCUT2D eigenvalue weighted by Gasteiger charge is 2.20. The van der Waals surface area contributed by atoms with Gasteiger partial charge in [-0.3, -0.25) is 9.69 Å². The van der Waals surface area contributed by atoms with E-state index in [1.165, 1.54) is 11.3 Å². The smallest absolute Gasteiger partial charge is 0.231 e. The number of hydrogen-bond acceptors (Lipinski definition) is 4. The van der Waals surface area contributed by atoms with Crippen molar-refractivity contribution in [3.63, 3.8) is 0 Å². The van der Waals surface area contributed by atoms with Crippen molar-refractivity contribution in [3.05, 3.63) is 42.0 Å². The molecule has 0 spiro atoms. The molecule has 8 heteroatoms. The van der Waals surface area contributed by atoms with Crippen LogP contribution in [0, 0.1) is 0 Å². The number of anilines is 1. The van der Waals surface area contributed by atoms with Crippen LogP contribution in [0.25, 0.3) is 0 Å². The van der Waals surface area contributed by atoms with E-state index in [2.05, 4.69) is 63.8 Å². The highest BCUT2D eigenvalue weighted by molar-refractivity contribution is 14.0. The summed E-state index contributed by atoms with van der Waals surface area (Å²) in [6.45, 7) is 7.61. The predicted molar refractivity (Wildman–Crippen MR) is 130 cm³/mol. The van der Waals surface area contributed by atoms with Crippen LogP contribution in [0.15, 0.2) is 41.4 Å². The molecule has 3 rings (SSSR count). The number of carbonyl (C=O) groups is 1. The van der Waals surface area contributed by atoms with E-state index < -0.39 is 0 Å². The number of benzene rings is 1. The maximum atomic E-state index is 11.1. The molecule has 2 aliphatic rings. The van der Waals surface area contributed by atoms with Gasteiger partial charge in [0.05, 0.1) is 13.1 Å². The summed E-state index contributed by atoms with van der Waals surface area (Å²) < 4.78 is 0. The number of nitrogens with two attached hydrogens (primary N) is 1. The van der Waals surface area contributed by atoms with E-state index >= 15 is 0 Å². The van der Waals surface area contributed by atoms with Crippen LogP contribution in [0.3, 0.4) is 0 Å². The molecule has 7 nitrogen and oxygen atoms in total. The number of nitrogens with one attached hydrogen (secondary N) is 2. The Labute approximate surface area is 190 Å². The van der Waals surface area contributed by atoms with Gasteiger partial charge in [0.25, 0.3) is 0 Å². The van der Waals surface area contributed by atoms with Gasteiger partial charge in [0.15, 0.2) is 5.96 Å². The molecule has 2 aliphatic heterocycles. The molecule has 1 aromatic rings. The number of aliphatic imine (C=N–C) groups is 1. The largest absolute Gasteiger partial charge is 0.369 e. The summed E-state index contributed by atoms with van der Waals surface area (Å²) in [6, 6.07) is 8.98. The van der Waals surface area contributed by atoms with Gasteiger partial charge in [-0.15, -0.1) is 24.0 Å². The Hall–Kier alpha value is -1.81. The number of guanidine groups is 1. The topological polar surface area (TPSA) is 86.0 Å². The summed E-state index contributed by atoms with van der Waals surface area (Å²) in [7, 11) is 0. The molecule has 0 radical (unpaired) electrons. The second kappa shape index (κ2) is 12.0. The second-order valence-corrected chi connectivity index (χ2v) is 7.40. The van der Waals surface area contributed by atoms with E-state index in [1.54, 1.807) is 0 Å². The third kappa shape index (κ3) is 7.50. The number of primary amides is 1. The Morgan fingerprint density at radius 1 is 1.24 bits per heavy atom. The zero-order valence-corrected chi connectivity index (χ0v) is 19.5. The van der Waals surface area contributed by atoms with Gasteiger partial charge in [-0.1, -0.05) is 24.3 Å². The molecule has 0 aliphatic carbocycles. The number of rotatable bonds is 7. The molecular weight excluding hydrogens is 479 g/mol. The maximum Gasteiger partial charge on any atom is 0.231 e. The lowest BCUT2D eigenvalue weighted by molar-refractivity contribution is -0.119. The van der Waals surface area contributed by atoms with Crippen molar-refractivity contribution < 1.29 is 4.79 Å². The van der Waals surface area contributed by atoms with Crippen molar-refractivity contribution in [2.45, 2.75) is 32.4 Å². The molecule has 0 bridgehead atoms. The van der Waals surface area contributed by atoms with Gasteiger partial charge in [-0.25, -0.2) is 4.99 Å². The van der Waals surface area contributed by atoms with Gasteiger partial charge in [-0.05, 0) is 37.5 Å². The molecule has 1 saturated heterocycles. The van der Waals surface area contributed by atoms with Gasteiger partial charge in [0, 0.05) is 44.5 Å². The minimum absolute atomic E-state index is 0. The molecule has 2 heterocycles. The summed E-state index contributed by atoms with van der Waals surface area (Å²) in [5, 5.41) is 6.89. The van der Waals surface area contributed by atoms with Crippen LogP contribution >= 0.6 is 24.0 Å². The fourth-order valence-corrected chi connectivity index (χ4v) is 3.68. The molecule has 0 aromatic heterocycles. The molecular formula is C21H33IN6O. The molecule has 160 valence electrons. The first-order chi connectivity index (χ1) is 13.6. The third-order valence-corrected chi connectivity index (χ3v) is 5.17. The number of nitrogens with zero attached hydrogens (tertiary/aromatic N) is 3. The minimum atomic E-state index is -0.256. The zero-order valence-electron chi connectivity index (χ0n) is 17.1. The number of amides is 1. The zero-order chi connectivity index (χ0) is 19.8. The Morgan fingerprint density at radius 3 is 2.62 bits per heavy atom. The summed E-state index contributed by atoms with van der Waals surface area (Å²) in [6.07, 6.45) is 6.36. The van der Waals surface area contributed by atoms with Gasteiger partial charge < -0.3 is 21.3 Å². The van der Waals surface area contributed by atoms with Crippen LogP contribution in [0.1, 0.15) is 25.3 Å². The fraction of sp³-hybridized carbons (Fsp3) is 0.524. The highest BCUT2D eigenvalue weighted by atomic mass is 127. The lowest BCUT2D eigenvalue weighted by Crippen LogP contribution is -2.49. The Bertz CT molecular complexity index is 707. The lowest BCUT2D eigenvalue weighted by atomic mass is 10.1. The number of piperidine rings is 1. The number of carbonyl (C=O) groups excluding carboxylic acids is 1. The molecule has 1 fully saturated rings. The van der Waals surface area contributed by atoms with Crippen molar-refractivity contribution in [2.75, 3.05) is 44.2 Å². The normalized spacial score (nSPS) is 17.8. The maximum absolute atomic E-state index is 11.1. The van der Waals surface area contributed by atoms with Crippen molar-refractivity contribution in [1.29, 1.82) is 0 Å². The average molecular weight is 512 g/mol. The molecule has 0 unspecified atom stereocenters. The number of halogens is 1. The van der Waals surface area contributed by atoms with Crippen LogP contribution in [0.5, 0.6) is 0 Å². The van der Waals surface area contributed by atoms with Crippen LogP contribution in [0.2, 0.25) is 0 Å². The van der Waals surface area contributed by atoms with Crippen LogP contribution in [-0.2, 0) is 11.3 Å². The highest BCUT2D eigenvalue weighted by Crippen LogP contribution is 2.19.